The Morgan fingerprint density at radius 2 is 2.00 bits per heavy atom. The van der Waals surface area contributed by atoms with Crippen LogP contribution >= 0.6 is 0 Å². The zero-order valence-electron chi connectivity index (χ0n) is 13.2. The van der Waals surface area contributed by atoms with Crippen molar-refractivity contribution >= 4 is 11.9 Å². The second-order valence-electron chi connectivity index (χ2n) is 7.19. The Kier molecular flexibility index (Phi) is 2.96. The van der Waals surface area contributed by atoms with Crippen LogP contribution in [0.1, 0.15) is 20.3 Å². The van der Waals surface area contributed by atoms with Crippen molar-refractivity contribution in [3.8, 4) is 0 Å². The third-order valence-corrected chi connectivity index (χ3v) is 5.09. The van der Waals surface area contributed by atoms with Gasteiger partial charge in [0.15, 0.2) is 24.3 Å². The molecule has 8 atom stereocenters. The maximum Gasteiger partial charge on any atom is 0.350 e. The van der Waals surface area contributed by atoms with Crippen LogP contribution in [0.3, 0.4) is 0 Å². The van der Waals surface area contributed by atoms with Gasteiger partial charge in [0.25, 0.3) is 0 Å². The molecule has 130 valence electrons. The van der Waals surface area contributed by atoms with Crippen LogP contribution in [0.5, 0.6) is 0 Å². The minimum absolute atomic E-state index is 0.0399. The Balaban J connectivity index is 1.29. The van der Waals surface area contributed by atoms with E-state index >= 15 is 0 Å². The summed E-state index contributed by atoms with van der Waals surface area (Å²) in [7, 11) is 0. The summed E-state index contributed by atoms with van der Waals surface area (Å²) in [5, 5.41) is 0. The first kappa shape index (κ1) is 14.8. The van der Waals surface area contributed by atoms with Crippen molar-refractivity contribution in [1.82, 2.24) is 0 Å². The van der Waals surface area contributed by atoms with Crippen LogP contribution < -0.4 is 0 Å². The molecule has 8 heteroatoms. The standard InChI is InChI=1S/C16H18O8/c1-16(2)23-12-10-9(22-15(12)24-16)11(14(18)20-10)21-13(17)7-5-6-3-4-8(7)19-6/h3-4,6-12,15H,5H2,1-2H3. The third kappa shape index (κ3) is 2.07. The van der Waals surface area contributed by atoms with Gasteiger partial charge in [-0.2, -0.15) is 0 Å². The SMILES string of the molecule is CC1(C)OC2OC3C(OC(=O)C4CC5C=CC4O5)C(=O)OC3C2O1. The number of hydrogen-bond donors (Lipinski definition) is 0. The molecule has 0 radical (unpaired) electrons. The molecular weight excluding hydrogens is 320 g/mol. The molecule has 0 saturated carbocycles. The van der Waals surface area contributed by atoms with Crippen molar-refractivity contribution in [1.29, 1.82) is 0 Å². The molecule has 2 bridgehead atoms. The van der Waals surface area contributed by atoms with Gasteiger partial charge >= 0.3 is 11.9 Å². The first-order valence-electron chi connectivity index (χ1n) is 8.17. The second-order valence-corrected chi connectivity index (χ2v) is 7.19. The monoisotopic (exact) mass is 338 g/mol. The van der Waals surface area contributed by atoms with Crippen molar-refractivity contribution in [2.75, 3.05) is 0 Å². The fraction of sp³-hybridized carbons (Fsp3) is 0.750. The Labute approximate surface area is 137 Å². The van der Waals surface area contributed by atoms with Gasteiger partial charge in [-0.3, -0.25) is 4.79 Å². The smallest absolute Gasteiger partial charge is 0.350 e. The maximum atomic E-state index is 12.4. The van der Waals surface area contributed by atoms with Crippen LogP contribution in [0.15, 0.2) is 12.2 Å². The lowest BCUT2D eigenvalue weighted by Gasteiger charge is -2.22. The van der Waals surface area contributed by atoms with Gasteiger partial charge in [0.2, 0.25) is 6.10 Å². The van der Waals surface area contributed by atoms with Gasteiger partial charge in [0, 0.05) is 0 Å². The summed E-state index contributed by atoms with van der Waals surface area (Å²) in [6.45, 7) is 3.53. The molecule has 5 aliphatic heterocycles. The fourth-order valence-electron chi connectivity index (χ4n) is 4.05. The second kappa shape index (κ2) is 4.78. The molecule has 0 N–H and O–H groups in total. The lowest BCUT2D eigenvalue weighted by Crippen LogP contribution is -2.39. The number of esters is 2. The molecule has 24 heavy (non-hydrogen) atoms. The van der Waals surface area contributed by atoms with Gasteiger partial charge in [-0.25, -0.2) is 4.79 Å². The van der Waals surface area contributed by atoms with E-state index in [1.54, 1.807) is 13.8 Å². The van der Waals surface area contributed by atoms with Crippen LogP contribution in [0, 0.1) is 5.92 Å². The number of ether oxygens (including phenoxy) is 6. The van der Waals surface area contributed by atoms with Crippen LogP contribution in [-0.2, 0) is 38.0 Å². The van der Waals surface area contributed by atoms with Crippen LogP contribution in [0.4, 0.5) is 0 Å². The number of hydrogen-bond acceptors (Lipinski definition) is 8. The summed E-state index contributed by atoms with van der Waals surface area (Å²) in [4.78, 5) is 24.5. The molecule has 5 rings (SSSR count). The van der Waals surface area contributed by atoms with E-state index in [9.17, 15) is 9.59 Å². The normalized spacial score (nSPS) is 50.0. The molecule has 4 fully saturated rings. The number of fused-ring (bicyclic) bond motifs is 5. The zero-order valence-corrected chi connectivity index (χ0v) is 13.2. The minimum atomic E-state index is -1.09. The Hall–Kier alpha value is -1.48. The maximum absolute atomic E-state index is 12.4. The largest absolute Gasteiger partial charge is 0.454 e. The predicted octanol–water partition coefficient (Wildman–Crippen LogP) is 0.0435. The molecule has 0 aromatic heterocycles. The Morgan fingerprint density at radius 3 is 2.71 bits per heavy atom. The van der Waals surface area contributed by atoms with Crippen molar-refractivity contribution in [2.24, 2.45) is 5.92 Å². The highest BCUT2D eigenvalue weighted by Gasteiger charge is 2.64. The van der Waals surface area contributed by atoms with E-state index in [2.05, 4.69) is 0 Å². The molecule has 8 unspecified atom stereocenters. The van der Waals surface area contributed by atoms with Gasteiger partial charge in [-0.05, 0) is 20.3 Å². The molecule has 4 saturated heterocycles. The highest BCUT2D eigenvalue weighted by Crippen LogP contribution is 2.43. The summed E-state index contributed by atoms with van der Waals surface area (Å²) < 4.78 is 33.4. The Morgan fingerprint density at radius 1 is 1.17 bits per heavy atom. The number of carbonyl (C=O) groups is 2. The first-order chi connectivity index (χ1) is 11.4. The van der Waals surface area contributed by atoms with E-state index in [0.717, 1.165) is 0 Å². The zero-order chi connectivity index (χ0) is 16.6. The van der Waals surface area contributed by atoms with Gasteiger partial charge < -0.3 is 28.4 Å². The van der Waals surface area contributed by atoms with E-state index in [1.807, 2.05) is 12.2 Å². The third-order valence-electron chi connectivity index (χ3n) is 5.09. The van der Waals surface area contributed by atoms with Gasteiger partial charge in [-0.1, -0.05) is 12.2 Å². The molecule has 0 aromatic rings. The highest BCUT2D eigenvalue weighted by molar-refractivity contribution is 5.83. The van der Waals surface area contributed by atoms with Crippen LogP contribution in [0.2, 0.25) is 0 Å². The van der Waals surface area contributed by atoms with E-state index in [-0.39, 0.29) is 18.1 Å². The predicted molar refractivity (Wildman–Crippen MR) is 74.4 cm³/mol. The number of carbonyl (C=O) groups excluding carboxylic acids is 2. The quantitative estimate of drug-likeness (QED) is 0.515. The lowest BCUT2D eigenvalue weighted by atomic mass is 9.94. The topological polar surface area (TPSA) is 89.5 Å². The van der Waals surface area contributed by atoms with Crippen molar-refractivity contribution in [3.63, 3.8) is 0 Å². The van der Waals surface area contributed by atoms with Gasteiger partial charge in [0.05, 0.1) is 18.1 Å². The fourth-order valence-corrected chi connectivity index (χ4v) is 4.05. The molecule has 5 aliphatic rings. The van der Waals surface area contributed by atoms with Crippen molar-refractivity contribution in [3.05, 3.63) is 12.2 Å². The van der Waals surface area contributed by atoms with E-state index < -0.39 is 48.4 Å². The molecule has 0 aliphatic carbocycles. The lowest BCUT2D eigenvalue weighted by molar-refractivity contribution is -0.217. The summed E-state index contributed by atoms with van der Waals surface area (Å²) in [6.07, 6.45) is 0.496. The molecular formula is C16H18O8. The highest BCUT2D eigenvalue weighted by atomic mass is 16.9. The molecule has 0 spiro atoms. The van der Waals surface area contributed by atoms with E-state index in [1.165, 1.54) is 0 Å². The summed E-state index contributed by atoms with van der Waals surface area (Å²) in [5.41, 5.74) is 0. The van der Waals surface area contributed by atoms with E-state index in [0.29, 0.717) is 6.42 Å². The molecule has 0 amide bonds. The van der Waals surface area contributed by atoms with Gasteiger partial charge in [0.1, 0.15) is 6.10 Å². The average molecular weight is 338 g/mol. The van der Waals surface area contributed by atoms with Crippen molar-refractivity contribution < 1.29 is 38.0 Å². The summed E-state index contributed by atoms with van der Waals surface area (Å²) in [5.74, 6) is -2.25. The number of rotatable bonds is 2. The first-order valence-corrected chi connectivity index (χ1v) is 8.17. The minimum Gasteiger partial charge on any atom is -0.454 e. The molecule has 0 aromatic carbocycles. The molecule has 5 heterocycles. The average Bonchev–Trinajstić information content (AvgIpc) is 3.28. The van der Waals surface area contributed by atoms with Crippen LogP contribution in [-0.4, -0.2) is 60.6 Å². The Bertz CT molecular complexity index is 628. The van der Waals surface area contributed by atoms with Crippen molar-refractivity contribution in [2.45, 2.75) is 69.0 Å². The van der Waals surface area contributed by atoms with Crippen LogP contribution in [0.25, 0.3) is 0 Å². The molecule has 8 nitrogen and oxygen atoms in total. The van der Waals surface area contributed by atoms with Gasteiger partial charge in [-0.15, -0.1) is 0 Å². The summed E-state index contributed by atoms with van der Waals surface area (Å²) in [6, 6.07) is 0. The van der Waals surface area contributed by atoms with E-state index in [4.69, 9.17) is 28.4 Å². The summed E-state index contributed by atoms with van der Waals surface area (Å²) >= 11 is 0.